The molecule has 0 rings (SSSR count). The Morgan fingerprint density at radius 3 is 2.17 bits per heavy atom. The topological polar surface area (TPSA) is 46.3 Å². The first kappa shape index (κ1) is 11.4. The standard InChI is InChI=1S/C9H20N2O/c1-7(2)6-9(3,10)8(12)11(4)5/h7H,6,10H2,1-5H3. The Labute approximate surface area is 74.9 Å². The van der Waals surface area contributed by atoms with Gasteiger partial charge in [-0.15, -0.1) is 0 Å². The molecule has 0 aromatic rings. The van der Waals surface area contributed by atoms with E-state index >= 15 is 0 Å². The van der Waals surface area contributed by atoms with Crippen LogP contribution in [0.2, 0.25) is 0 Å². The van der Waals surface area contributed by atoms with Gasteiger partial charge in [0, 0.05) is 14.1 Å². The van der Waals surface area contributed by atoms with Crippen molar-refractivity contribution in [1.29, 1.82) is 0 Å². The zero-order valence-corrected chi connectivity index (χ0v) is 8.72. The average Bonchev–Trinajstić information content (AvgIpc) is 1.82. The third kappa shape index (κ3) is 3.22. The zero-order chi connectivity index (χ0) is 9.94. The molecule has 2 N–H and O–H groups in total. The number of nitrogens with two attached hydrogens (primary N) is 1. The van der Waals surface area contributed by atoms with Gasteiger partial charge in [-0.05, 0) is 19.3 Å². The lowest BCUT2D eigenvalue weighted by atomic mass is 9.91. The Hall–Kier alpha value is -0.570. The largest absolute Gasteiger partial charge is 0.347 e. The summed E-state index contributed by atoms with van der Waals surface area (Å²) in [6.07, 6.45) is 0.726. The molecule has 0 aliphatic heterocycles. The summed E-state index contributed by atoms with van der Waals surface area (Å²) >= 11 is 0. The van der Waals surface area contributed by atoms with Crippen molar-refractivity contribution in [3.63, 3.8) is 0 Å². The van der Waals surface area contributed by atoms with Gasteiger partial charge in [0.15, 0.2) is 0 Å². The summed E-state index contributed by atoms with van der Waals surface area (Å²) in [5.74, 6) is 0.445. The van der Waals surface area contributed by atoms with Gasteiger partial charge in [-0.1, -0.05) is 13.8 Å². The molecule has 72 valence electrons. The lowest BCUT2D eigenvalue weighted by molar-refractivity contribution is -0.134. The number of nitrogens with zero attached hydrogens (tertiary/aromatic N) is 1. The van der Waals surface area contributed by atoms with E-state index in [1.165, 1.54) is 0 Å². The predicted octanol–water partition coefficient (Wildman–Crippen LogP) is 0.838. The van der Waals surface area contributed by atoms with Crippen LogP contribution in [0.4, 0.5) is 0 Å². The second-order valence-electron chi connectivity index (χ2n) is 4.22. The van der Waals surface area contributed by atoms with Crippen LogP contribution in [-0.4, -0.2) is 30.4 Å². The van der Waals surface area contributed by atoms with Crippen LogP contribution in [0.5, 0.6) is 0 Å². The molecule has 1 atom stereocenters. The minimum Gasteiger partial charge on any atom is -0.347 e. The van der Waals surface area contributed by atoms with Crippen LogP contribution in [0, 0.1) is 5.92 Å². The van der Waals surface area contributed by atoms with Gasteiger partial charge >= 0.3 is 0 Å². The van der Waals surface area contributed by atoms with Gasteiger partial charge in [0.25, 0.3) is 0 Å². The molecule has 0 fully saturated rings. The molecule has 0 saturated heterocycles. The molecule has 1 unspecified atom stereocenters. The maximum Gasteiger partial charge on any atom is 0.241 e. The number of hydrogen-bond acceptors (Lipinski definition) is 2. The molecule has 3 heteroatoms. The normalized spacial score (nSPS) is 15.9. The molecule has 12 heavy (non-hydrogen) atoms. The summed E-state index contributed by atoms with van der Waals surface area (Å²) in [5.41, 5.74) is 5.16. The summed E-state index contributed by atoms with van der Waals surface area (Å²) < 4.78 is 0. The van der Waals surface area contributed by atoms with Gasteiger partial charge in [0.2, 0.25) is 5.91 Å². The molecular formula is C9H20N2O. The molecule has 0 bridgehead atoms. The van der Waals surface area contributed by atoms with E-state index in [9.17, 15) is 4.79 Å². The summed E-state index contributed by atoms with van der Waals surface area (Å²) in [7, 11) is 3.46. The second-order valence-corrected chi connectivity index (χ2v) is 4.22. The Balaban J connectivity index is 4.29. The van der Waals surface area contributed by atoms with E-state index in [0.29, 0.717) is 5.92 Å². The van der Waals surface area contributed by atoms with Crippen LogP contribution in [0.25, 0.3) is 0 Å². The Morgan fingerprint density at radius 2 is 1.92 bits per heavy atom. The summed E-state index contributed by atoms with van der Waals surface area (Å²) in [6, 6.07) is 0. The first-order valence-corrected chi connectivity index (χ1v) is 4.28. The summed E-state index contributed by atoms with van der Waals surface area (Å²) in [4.78, 5) is 13.0. The predicted molar refractivity (Wildman–Crippen MR) is 50.7 cm³/mol. The van der Waals surface area contributed by atoms with Gasteiger partial charge in [-0.2, -0.15) is 0 Å². The molecule has 0 aromatic carbocycles. The fourth-order valence-electron chi connectivity index (χ4n) is 1.45. The minimum absolute atomic E-state index is 0.00352. The fraction of sp³-hybridized carbons (Fsp3) is 0.889. The highest BCUT2D eigenvalue weighted by atomic mass is 16.2. The Morgan fingerprint density at radius 1 is 1.50 bits per heavy atom. The van der Waals surface area contributed by atoms with Crippen LogP contribution in [-0.2, 0) is 4.79 Å². The molecule has 3 nitrogen and oxygen atoms in total. The van der Waals surface area contributed by atoms with Crippen molar-refractivity contribution in [2.75, 3.05) is 14.1 Å². The van der Waals surface area contributed by atoms with E-state index in [2.05, 4.69) is 13.8 Å². The summed E-state index contributed by atoms with van der Waals surface area (Å²) in [5, 5.41) is 0. The Kier molecular flexibility index (Phi) is 3.71. The van der Waals surface area contributed by atoms with Crippen molar-refractivity contribution in [2.24, 2.45) is 11.7 Å². The summed E-state index contributed by atoms with van der Waals surface area (Å²) in [6.45, 7) is 5.91. The van der Waals surface area contributed by atoms with Crippen molar-refractivity contribution in [1.82, 2.24) is 4.90 Å². The second kappa shape index (κ2) is 3.90. The van der Waals surface area contributed by atoms with Gasteiger partial charge in [-0.25, -0.2) is 0 Å². The number of likely N-dealkylation sites (N-methyl/N-ethyl adjacent to an activating group) is 1. The van der Waals surface area contributed by atoms with E-state index in [1.807, 2.05) is 0 Å². The van der Waals surface area contributed by atoms with Crippen molar-refractivity contribution < 1.29 is 4.79 Å². The highest BCUT2D eigenvalue weighted by Crippen LogP contribution is 2.15. The molecular weight excluding hydrogens is 152 g/mol. The van der Waals surface area contributed by atoms with Crippen molar-refractivity contribution in [3.8, 4) is 0 Å². The van der Waals surface area contributed by atoms with E-state index in [4.69, 9.17) is 5.73 Å². The molecule has 0 aromatic heterocycles. The van der Waals surface area contributed by atoms with Crippen molar-refractivity contribution in [2.45, 2.75) is 32.7 Å². The third-order valence-electron chi connectivity index (χ3n) is 1.73. The smallest absolute Gasteiger partial charge is 0.241 e. The van der Waals surface area contributed by atoms with Gasteiger partial charge in [0.05, 0.1) is 5.54 Å². The maximum atomic E-state index is 11.5. The molecule has 0 radical (unpaired) electrons. The fourth-order valence-corrected chi connectivity index (χ4v) is 1.45. The number of carbonyl (C=O) groups excluding carboxylic acids is 1. The van der Waals surface area contributed by atoms with Crippen LogP contribution in [0.15, 0.2) is 0 Å². The van der Waals surface area contributed by atoms with Gasteiger partial charge in [-0.3, -0.25) is 4.79 Å². The van der Waals surface area contributed by atoms with Crippen LogP contribution >= 0.6 is 0 Å². The van der Waals surface area contributed by atoms with Crippen LogP contribution in [0.3, 0.4) is 0 Å². The van der Waals surface area contributed by atoms with Crippen LogP contribution < -0.4 is 5.73 Å². The quantitative estimate of drug-likeness (QED) is 0.685. The molecule has 0 heterocycles. The lowest BCUT2D eigenvalue weighted by Gasteiger charge is -2.28. The SMILES string of the molecule is CC(C)CC(C)(N)C(=O)N(C)C. The monoisotopic (exact) mass is 172 g/mol. The minimum atomic E-state index is -0.711. The number of carbonyl (C=O) groups is 1. The van der Waals surface area contributed by atoms with E-state index in [0.717, 1.165) is 6.42 Å². The molecule has 0 aliphatic rings. The highest BCUT2D eigenvalue weighted by molar-refractivity contribution is 5.85. The Bertz CT molecular complexity index is 162. The first-order chi connectivity index (χ1) is 5.27. The lowest BCUT2D eigenvalue weighted by Crippen LogP contribution is -2.51. The molecule has 0 saturated carbocycles. The van der Waals surface area contributed by atoms with Crippen LogP contribution in [0.1, 0.15) is 27.2 Å². The average molecular weight is 172 g/mol. The van der Waals surface area contributed by atoms with Crippen molar-refractivity contribution in [3.05, 3.63) is 0 Å². The third-order valence-corrected chi connectivity index (χ3v) is 1.73. The highest BCUT2D eigenvalue weighted by Gasteiger charge is 2.30. The number of rotatable bonds is 3. The molecule has 0 aliphatic carbocycles. The first-order valence-electron chi connectivity index (χ1n) is 4.28. The molecule has 1 amide bonds. The maximum absolute atomic E-state index is 11.5. The van der Waals surface area contributed by atoms with Crippen molar-refractivity contribution >= 4 is 5.91 Å². The van der Waals surface area contributed by atoms with E-state index in [-0.39, 0.29) is 5.91 Å². The zero-order valence-electron chi connectivity index (χ0n) is 8.72. The van der Waals surface area contributed by atoms with Gasteiger partial charge in [0.1, 0.15) is 0 Å². The molecule has 0 spiro atoms. The number of amides is 1. The van der Waals surface area contributed by atoms with E-state index < -0.39 is 5.54 Å². The van der Waals surface area contributed by atoms with Gasteiger partial charge < -0.3 is 10.6 Å². The number of hydrogen-bond donors (Lipinski definition) is 1. The van der Waals surface area contributed by atoms with E-state index in [1.54, 1.807) is 25.9 Å².